The Bertz CT molecular complexity index is 875. The first kappa shape index (κ1) is 17.9. The average molecular weight is 381 g/mol. The molecule has 6 heteroatoms. The standard InChI is InChI=1S/C21H24N4OS/c1-25-14-16(11-23-25)17-12-22-13-18(17)21(26)24-19(20-8-5-9-27-20)10-15-6-3-2-4-7-15/h2-9,11,14,17-19,22H,10,12-13H2,1H3,(H,24,26)/t17-,18+,19?/m1/s1. The number of rotatable bonds is 6. The Kier molecular flexibility index (Phi) is 5.36. The molecule has 0 radical (unpaired) electrons. The number of benzene rings is 1. The summed E-state index contributed by atoms with van der Waals surface area (Å²) >= 11 is 1.69. The van der Waals surface area contributed by atoms with Gasteiger partial charge in [-0.15, -0.1) is 11.3 Å². The van der Waals surface area contributed by atoms with Gasteiger partial charge in [-0.1, -0.05) is 36.4 Å². The summed E-state index contributed by atoms with van der Waals surface area (Å²) in [5, 5.41) is 13.0. The van der Waals surface area contributed by atoms with Gasteiger partial charge in [0, 0.05) is 37.1 Å². The lowest BCUT2D eigenvalue weighted by Crippen LogP contribution is -2.37. The van der Waals surface area contributed by atoms with Gasteiger partial charge in [0.15, 0.2) is 0 Å². The second-order valence-corrected chi connectivity index (χ2v) is 8.06. The van der Waals surface area contributed by atoms with E-state index >= 15 is 0 Å². The predicted molar refractivity (Wildman–Crippen MR) is 108 cm³/mol. The largest absolute Gasteiger partial charge is 0.348 e. The van der Waals surface area contributed by atoms with Crippen molar-refractivity contribution in [1.29, 1.82) is 0 Å². The Hall–Kier alpha value is -2.44. The van der Waals surface area contributed by atoms with E-state index in [1.54, 1.807) is 16.0 Å². The number of amides is 1. The summed E-state index contributed by atoms with van der Waals surface area (Å²) in [6.07, 6.45) is 4.68. The third kappa shape index (κ3) is 4.12. The van der Waals surface area contributed by atoms with Crippen molar-refractivity contribution in [1.82, 2.24) is 20.4 Å². The number of carbonyl (C=O) groups is 1. The minimum absolute atomic E-state index is 0.00458. The molecule has 5 nitrogen and oxygen atoms in total. The van der Waals surface area contributed by atoms with Crippen molar-refractivity contribution >= 4 is 17.2 Å². The van der Waals surface area contributed by atoms with Crippen LogP contribution in [-0.2, 0) is 18.3 Å². The van der Waals surface area contributed by atoms with Gasteiger partial charge in [0.2, 0.25) is 5.91 Å². The van der Waals surface area contributed by atoms with Crippen molar-refractivity contribution in [2.45, 2.75) is 18.4 Å². The van der Waals surface area contributed by atoms with Gasteiger partial charge in [0.1, 0.15) is 0 Å². The van der Waals surface area contributed by atoms with Crippen molar-refractivity contribution in [3.05, 3.63) is 76.2 Å². The molecule has 2 N–H and O–H groups in total. The Labute approximate surface area is 163 Å². The number of carbonyl (C=O) groups excluding carboxylic acids is 1. The second kappa shape index (κ2) is 8.06. The maximum atomic E-state index is 13.2. The van der Waals surface area contributed by atoms with Gasteiger partial charge in [-0.3, -0.25) is 9.48 Å². The number of aryl methyl sites for hydroxylation is 1. The van der Waals surface area contributed by atoms with Crippen molar-refractivity contribution < 1.29 is 4.79 Å². The summed E-state index contributed by atoms with van der Waals surface area (Å²) in [4.78, 5) is 14.3. The molecular formula is C21H24N4OS. The SMILES string of the molecule is Cn1cc([C@H]2CNC[C@@H]2C(=O)NC(Cc2ccccc2)c2cccs2)cn1. The van der Waals surface area contributed by atoms with Crippen LogP contribution in [0, 0.1) is 5.92 Å². The molecule has 0 bridgehead atoms. The van der Waals surface area contributed by atoms with Gasteiger partial charge in [-0.2, -0.15) is 5.10 Å². The maximum absolute atomic E-state index is 13.2. The van der Waals surface area contributed by atoms with Crippen LogP contribution >= 0.6 is 11.3 Å². The molecule has 0 saturated carbocycles. The zero-order valence-electron chi connectivity index (χ0n) is 15.3. The number of aromatic nitrogens is 2. The molecule has 0 spiro atoms. The van der Waals surface area contributed by atoms with Gasteiger partial charge >= 0.3 is 0 Å². The fourth-order valence-electron chi connectivity index (χ4n) is 3.78. The topological polar surface area (TPSA) is 59.0 Å². The number of hydrogen-bond donors (Lipinski definition) is 2. The number of nitrogens with one attached hydrogen (secondary N) is 2. The smallest absolute Gasteiger partial charge is 0.225 e. The number of thiophene rings is 1. The van der Waals surface area contributed by atoms with Crippen LogP contribution in [0.5, 0.6) is 0 Å². The minimum Gasteiger partial charge on any atom is -0.348 e. The first-order chi connectivity index (χ1) is 13.2. The zero-order chi connectivity index (χ0) is 18.6. The first-order valence-corrected chi connectivity index (χ1v) is 10.2. The zero-order valence-corrected chi connectivity index (χ0v) is 16.2. The highest BCUT2D eigenvalue weighted by molar-refractivity contribution is 7.10. The highest BCUT2D eigenvalue weighted by Gasteiger charge is 2.35. The molecule has 1 aliphatic heterocycles. The molecule has 0 aliphatic carbocycles. The lowest BCUT2D eigenvalue weighted by molar-refractivity contribution is -0.125. The number of nitrogens with zero attached hydrogens (tertiary/aromatic N) is 2. The van der Waals surface area contributed by atoms with E-state index in [-0.39, 0.29) is 23.8 Å². The second-order valence-electron chi connectivity index (χ2n) is 7.08. The molecule has 4 rings (SSSR count). The fraction of sp³-hybridized carbons (Fsp3) is 0.333. The third-order valence-electron chi connectivity index (χ3n) is 5.19. The molecule has 1 saturated heterocycles. The van der Waals surface area contributed by atoms with Crippen LogP contribution in [0.15, 0.2) is 60.2 Å². The highest BCUT2D eigenvalue weighted by atomic mass is 32.1. The first-order valence-electron chi connectivity index (χ1n) is 9.27. The third-order valence-corrected chi connectivity index (χ3v) is 6.18. The van der Waals surface area contributed by atoms with E-state index in [0.717, 1.165) is 18.5 Å². The van der Waals surface area contributed by atoms with Crippen LogP contribution < -0.4 is 10.6 Å². The van der Waals surface area contributed by atoms with E-state index in [2.05, 4.69) is 39.3 Å². The molecule has 3 aromatic rings. The molecule has 2 aromatic heterocycles. The molecule has 140 valence electrons. The Morgan fingerprint density at radius 1 is 1.30 bits per heavy atom. The number of hydrogen-bond acceptors (Lipinski definition) is 4. The van der Waals surface area contributed by atoms with E-state index < -0.39 is 0 Å². The summed E-state index contributed by atoms with van der Waals surface area (Å²) in [7, 11) is 1.91. The van der Waals surface area contributed by atoms with E-state index in [1.807, 2.05) is 43.7 Å². The van der Waals surface area contributed by atoms with Crippen molar-refractivity contribution in [3.63, 3.8) is 0 Å². The minimum atomic E-state index is -0.0764. The van der Waals surface area contributed by atoms with Crippen LogP contribution in [0.3, 0.4) is 0 Å². The Balaban J connectivity index is 1.51. The van der Waals surface area contributed by atoms with Gasteiger partial charge < -0.3 is 10.6 Å². The van der Waals surface area contributed by atoms with E-state index in [0.29, 0.717) is 6.54 Å². The van der Waals surface area contributed by atoms with Crippen LogP contribution in [-0.4, -0.2) is 28.8 Å². The summed E-state index contributed by atoms with van der Waals surface area (Å²) in [6.45, 7) is 1.51. The maximum Gasteiger partial charge on any atom is 0.225 e. The summed E-state index contributed by atoms with van der Waals surface area (Å²) < 4.78 is 1.80. The summed E-state index contributed by atoms with van der Waals surface area (Å²) in [5.41, 5.74) is 2.35. The fourth-order valence-corrected chi connectivity index (χ4v) is 4.55. The van der Waals surface area contributed by atoms with Crippen LogP contribution in [0.4, 0.5) is 0 Å². The molecule has 1 amide bonds. The van der Waals surface area contributed by atoms with Gasteiger partial charge in [-0.05, 0) is 29.0 Å². The summed E-state index contributed by atoms with van der Waals surface area (Å²) in [5.74, 6) is 0.204. The van der Waals surface area contributed by atoms with E-state index in [1.165, 1.54) is 10.4 Å². The van der Waals surface area contributed by atoms with Crippen molar-refractivity contribution in [2.75, 3.05) is 13.1 Å². The Morgan fingerprint density at radius 3 is 2.85 bits per heavy atom. The Morgan fingerprint density at radius 2 is 2.15 bits per heavy atom. The van der Waals surface area contributed by atoms with E-state index in [4.69, 9.17) is 0 Å². The van der Waals surface area contributed by atoms with Gasteiger partial charge in [-0.25, -0.2) is 0 Å². The molecule has 27 heavy (non-hydrogen) atoms. The van der Waals surface area contributed by atoms with Crippen molar-refractivity contribution in [3.8, 4) is 0 Å². The quantitative estimate of drug-likeness (QED) is 0.691. The van der Waals surface area contributed by atoms with Crippen molar-refractivity contribution in [2.24, 2.45) is 13.0 Å². The predicted octanol–water partition coefficient (Wildman–Crippen LogP) is 2.88. The average Bonchev–Trinajstić information content (AvgIpc) is 3.43. The van der Waals surface area contributed by atoms with Crippen LogP contribution in [0.1, 0.15) is 28.0 Å². The molecule has 1 aromatic carbocycles. The molecule has 1 aliphatic rings. The molecule has 3 heterocycles. The lowest BCUT2D eigenvalue weighted by atomic mass is 9.90. The van der Waals surface area contributed by atoms with E-state index in [9.17, 15) is 4.79 Å². The van der Waals surface area contributed by atoms with Gasteiger partial charge in [0.25, 0.3) is 0 Å². The van der Waals surface area contributed by atoms with Crippen LogP contribution in [0.25, 0.3) is 0 Å². The summed E-state index contributed by atoms with van der Waals surface area (Å²) in [6, 6.07) is 14.5. The molecule has 1 fully saturated rings. The normalized spacial score (nSPS) is 20.5. The molecule has 1 unspecified atom stereocenters. The van der Waals surface area contributed by atoms with Gasteiger partial charge in [0.05, 0.1) is 18.2 Å². The highest BCUT2D eigenvalue weighted by Crippen LogP contribution is 2.30. The molecular weight excluding hydrogens is 356 g/mol. The monoisotopic (exact) mass is 380 g/mol. The van der Waals surface area contributed by atoms with Crippen LogP contribution in [0.2, 0.25) is 0 Å². The lowest BCUT2D eigenvalue weighted by Gasteiger charge is -2.22. The molecule has 3 atom stereocenters.